The summed E-state index contributed by atoms with van der Waals surface area (Å²) in [5.41, 5.74) is 5.91. The maximum atomic E-state index is 6.22. The van der Waals surface area contributed by atoms with Crippen LogP contribution in [0.3, 0.4) is 0 Å². The molecule has 0 saturated carbocycles. The molecule has 0 spiro atoms. The van der Waals surface area contributed by atoms with Gasteiger partial charge in [0.1, 0.15) is 22.5 Å². The predicted octanol–water partition coefficient (Wildman–Crippen LogP) is 8.15. The van der Waals surface area contributed by atoms with Crippen molar-refractivity contribution in [2.24, 2.45) is 0 Å². The van der Waals surface area contributed by atoms with Gasteiger partial charge in [0.2, 0.25) is 0 Å². The maximum absolute atomic E-state index is 6.22. The van der Waals surface area contributed by atoms with Gasteiger partial charge in [-0.05, 0) is 59.0 Å². The highest BCUT2D eigenvalue weighted by Crippen LogP contribution is 2.40. The fourth-order valence-corrected chi connectivity index (χ4v) is 4.68. The van der Waals surface area contributed by atoms with Gasteiger partial charge in [0.05, 0.1) is 11.1 Å². The van der Waals surface area contributed by atoms with E-state index >= 15 is 0 Å². The van der Waals surface area contributed by atoms with E-state index in [4.69, 9.17) is 13.8 Å². The molecule has 0 aliphatic carbocycles. The molecule has 0 aliphatic rings. The number of hydrogen-bond donors (Lipinski definition) is 0. The van der Waals surface area contributed by atoms with Gasteiger partial charge in [0.15, 0.2) is 0 Å². The van der Waals surface area contributed by atoms with Gasteiger partial charge in [-0.15, -0.1) is 0 Å². The summed E-state index contributed by atoms with van der Waals surface area (Å²) in [5.74, 6) is 0.898. The average Bonchev–Trinajstić information content (AvgIpc) is 3.28. The number of rotatable bonds is 1. The van der Waals surface area contributed by atoms with Gasteiger partial charge in [-0.25, -0.2) is 0 Å². The van der Waals surface area contributed by atoms with Gasteiger partial charge in [0.25, 0.3) is 0 Å². The van der Waals surface area contributed by atoms with Crippen LogP contribution in [0.15, 0.2) is 75.7 Å². The van der Waals surface area contributed by atoms with E-state index in [2.05, 4.69) is 69.3 Å². The molecule has 3 aromatic heterocycles. The van der Waals surface area contributed by atoms with Crippen molar-refractivity contribution in [2.75, 3.05) is 0 Å². The fourth-order valence-electron chi connectivity index (χ4n) is 4.68. The van der Waals surface area contributed by atoms with Crippen molar-refractivity contribution in [2.45, 2.75) is 33.1 Å². The van der Waals surface area contributed by atoms with Gasteiger partial charge < -0.3 is 8.83 Å². The Bertz CT molecular complexity index is 1630. The molecule has 0 radical (unpaired) electrons. The molecule has 3 heteroatoms. The van der Waals surface area contributed by atoms with Crippen LogP contribution >= 0.6 is 0 Å². The van der Waals surface area contributed by atoms with E-state index in [0.717, 1.165) is 49.9 Å². The smallest absolute Gasteiger partial charge is 0.139 e. The number of furan rings is 2. The molecule has 0 unspecified atom stereocenters. The third-order valence-corrected chi connectivity index (χ3v) is 6.09. The standard InChI is InChI=1S/C28H23NO2/c1-16-11-18-13-21-25(15-24(18)30-16)31-23-9-10-29-27(26(21)23)19-12-17-7-5-6-8-20(17)22(14-19)28(2,3)4/h5-15H,1-4H3. The first kappa shape index (κ1) is 18.2. The van der Waals surface area contributed by atoms with E-state index in [1.54, 1.807) is 0 Å². The van der Waals surface area contributed by atoms with Gasteiger partial charge in [-0.2, -0.15) is 0 Å². The van der Waals surface area contributed by atoms with Crippen LogP contribution in [0.25, 0.3) is 54.9 Å². The first-order valence-electron chi connectivity index (χ1n) is 10.6. The normalized spacial score (nSPS) is 12.5. The third-order valence-electron chi connectivity index (χ3n) is 6.09. The Morgan fingerprint density at radius 2 is 1.58 bits per heavy atom. The lowest BCUT2D eigenvalue weighted by Gasteiger charge is -2.22. The largest absolute Gasteiger partial charge is 0.461 e. The minimum Gasteiger partial charge on any atom is -0.461 e. The van der Waals surface area contributed by atoms with Crippen LogP contribution in [-0.2, 0) is 5.41 Å². The summed E-state index contributed by atoms with van der Waals surface area (Å²) < 4.78 is 12.0. The van der Waals surface area contributed by atoms with E-state index in [0.29, 0.717) is 0 Å². The first-order valence-corrected chi connectivity index (χ1v) is 10.6. The molecule has 3 aromatic carbocycles. The lowest BCUT2D eigenvalue weighted by Crippen LogP contribution is -2.12. The Labute approximate surface area is 180 Å². The lowest BCUT2D eigenvalue weighted by atomic mass is 9.82. The molecule has 31 heavy (non-hydrogen) atoms. The van der Waals surface area contributed by atoms with Crippen molar-refractivity contribution < 1.29 is 8.83 Å². The minimum absolute atomic E-state index is 0.0163. The number of fused-ring (bicyclic) bond motifs is 5. The van der Waals surface area contributed by atoms with Crippen molar-refractivity contribution in [3.63, 3.8) is 0 Å². The molecule has 0 amide bonds. The molecule has 6 rings (SSSR count). The minimum atomic E-state index is 0.0163. The second-order valence-electron chi connectivity index (χ2n) is 9.37. The quantitative estimate of drug-likeness (QED) is 0.277. The van der Waals surface area contributed by atoms with Crippen LogP contribution in [-0.4, -0.2) is 4.98 Å². The summed E-state index contributed by atoms with van der Waals surface area (Å²) in [6.07, 6.45) is 1.83. The number of nitrogens with zero attached hydrogens (tertiary/aromatic N) is 1. The molecule has 152 valence electrons. The zero-order valence-corrected chi connectivity index (χ0v) is 18.1. The molecule has 0 aliphatic heterocycles. The summed E-state index contributed by atoms with van der Waals surface area (Å²) >= 11 is 0. The first-order chi connectivity index (χ1) is 14.9. The van der Waals surface area contributed by atoms with Gasteiger partial charge in [0, 0.05) is 28.6 Å². The second-order valence-corrected chi connectivity index (χ2v) is 9.37. The lowest BCUT2D eigenvalue weighted by molar-refractivity contribution is 0.577. The Morgan fingerprint density at radius 3 is 2.42 bits per heavy atom. The fraction of sp³-hybridized carbons (Fsp3) is 0.179. The van der Waals surface area contributed by atoms with Crippen molar-refractivity contribution >= 4 is 43.7 Å². The van der Waals surface area contributed by atoms with E-state index in [1.807, 2.05) is 25.3 Å². The van der Waals surface area contributed by atoms with Gasteiger partial charge in [-0.3, -0.25) is 4.98 Å². The van der Waals surface area contributed by atoms with Gasteiger partial charge in [-0.1, -0.05) is 45.0 Å². The van der Waals surface area contributed by atoms with Crippen LogP contribution < -0.4 is 0 Å². The Morgan fingerprint density at radius 1 is 0.742 bits per heavy atom. The van der Waals surface area contributed by atoms with E-state index in [9.17, 15) is 0 Å². The summed E-state index contributed by atoms with van der Waals surface area (Å²) in [6.45, 7) is 8.75. The Balaban J connectivity index is 1.71. The molecule has 0 fully saturated rings. The number of benzene rings is 3. The highest BCUT2D eigenvalue weighted by Gasteiger charge is 2.21. The topological polar surface area (TPSA) is 39.2 Å². The monoisotopic (exact) mass is 405 g/mol. The maximum Gasteiger partial charge on any atom is 0.139 e. The van der Waals surface area contributed by atoms with Crippen LogP contribution in [0.1, 0.15) is 32.1 Å². The molecule has 3 nitrogen and oxygen atoms in total. The molecule has 0 atom stereocenters. The van der Waals surface area contributed by atoms with Crippen LogP contribution in [0.4, 0.5) is 0 Å². The van der Waals surface area contributed by atoms with Crippen LogP contribution in [0, 0.1) is 6.92 Å². The highest BCUT2D eigenvalue weighted by atomic mass is 16.3. The molecule has 6 aromatic rings. The highest BCUT2D eigenvalue weighted by molar-refractivity contribution is 6.14. The van der Waals surface area contributed by atoms with E-state index in [-0.39, 0.29) is 5.41 Å². The number of aromatic nitrogens is 1. The summed E-state index contributed by atoms with van der Waals surface area (Å²) in [4.78, 5) is 4.83. The van der Waals surface area contributed by atoms with Crippen molar-refractivity contribution in [1.29, 1.82) is 0 Å². The zero-order chi connectivity index (χ0) is 21.3. The predicted molar refractivity (Wildman–Crippen MR) is 128 cm³/mol. The van der Waals surface area contributed by atoms with Gasteiger partial charge >= 0.3 is 0 Å². The zero-order valence-electron chi connectivity index (χ0n) is 18.1. The second kappa shape index (κ2) is 6.21. The number of hydrogen-bond acceptors (Lipinski definition) is 3. The van der Waals surface area contributed by atoms with E-state index < -0.39 is 0 Å². The summed E-state index contributed by atoms with van der Waals surface area (Å²) in [5, 5.41) is 5.71. The number of aryl methyl sites for hydroxylation is 1. The van der Waals surface area contributed by atoms with Crippen molar-refractivity contribution in [3.05, 3.63) is 78.2 Å². The molecular weight excluding hydrogens is 382 g/mol. The van der Waals surface area contributed by atoms with Crippen molar-refractivity contribution in [1.82, 2.24) is 4.98 Å². The van der Waals surface area contributed by atoms with Crippen LogP contribution in [0.5, 0.6) is 0 Å². The Kier molecular flexibility index (Phi) is 3.64. The third kappa shape index (κ3) is 2.77. The molecule has 3 heterocycles. The molecule has 0 N–H and O–H groups in total. The molecular formula is C28H23NO2. The average molecular weight is 405 g/mol. The molecule has 0 bridgehead atoms. The summed E-state index contributed by atoms with van der Waals surface area (Å²) in [6, 6.07) is 21.3. The van der Waals surface area contributed by atoms with Crippen LogP contribution in [0.2, 0.25) is 0 Å². The molecule has 0 saturated heterocycles. The van der Waals surface area contributed by atoms with E-state index in [1.165, 1.54) is 16.3 Å². The number of pyridine rings is 1. The summed E-state index contributed by atoms with van der Waals surface area (Å²) in [7, 11) is 0. The SMILES string of the molecule is Cc1cc2cc3c(cc2o1)oc1ccnc(-c2cc(C(C)(C)C)c4ccccc4c2)c13. The Hall–Kier alpha value is -3.59. The van der Waals surface area contributed by atoms with Crippen molar-refractivity contribution in [3.8, 4) is 11.3 Å².